The molecule has 114 valence electrons. The molecule has 1 heterocycles. The van der Waals surface area contributed by atoms with E-state index in [4.69, 9.17) is 9.72 Å². The topological polar surface area (TPSA) is 37.4 Å². The third-order valence-corrected chi connectivity index (χ3v) is 4.60. The molecule has 20 heavy (non-hydrogen) atoms. The SMILES string of the molecule is COCCNCc1sc(N(C)CC(C)C)nc1C1CC1. The van der Waals surface area contributed by atoms with Crippen LogP contribution in [0.25, 0.3) is 0 Å². The number of hydrogen-bond acceptors (Lipinski definition) is 5. The molecule has 0 aromatic carbocycles. The molecule has 2 rings (SSSR count). The molecule has 4 nitrogen and oxygen atoms in total. The lowest BCUT2D eigenvalue weighted by molar-refractivity contribution is 0.199. The summed E-state index contributed by atoms with van der Waals surface area (Å²) >= 11 is 1.85. The molecule has 1 aromatic heterocycles. The Bertz CT molecular complexity index is 415. The minimum Gasteiger partial charge on any atom is -0.383 e. The van der Waals surface area contributed by atoms with Crippen LogP contribution in [0.3, 0.4) is 0 Å². The molecule has 1 saturated carbocycles. The zero-order chi connectivity index (χ0) is 14.5. The number of rotatable bonds is 9. The average Bonchev–Trinajstić information content (AvgIpc) is 3.14. The van der Waals surface area contributed by atoms with Crippen molar-refractivity contribution in [1.82, 2.24) is 10.3 Å². The van der Waals surface area contributed by atoms with Crippen molar-refractivity contribution in [3.8, 4) is 0 Å². The number of anilines is 1. The fourth-order valence-electron chi connectivity index (χ4n) is 2.32. The van der Waals surface area contributed by atoms with Crippen LogP contribution in [0.4, 0.5) is 5.13 Å². The van der Waals surface area contributed by atoms with Gasteiger partial charge in [-0.2, -0.15) is 0 Å². The maximum Gasteiger partial charge on any atom is 0.185 e. The summed E-state index contributed by atoms with van der Waals surface area (Å²) in [4.78, 5) is 8.60. The van der Waals surface area contributed by atoms with Crippen LogP contribution in [-0.2, 0) is 11.3 Å². The molecular formula is C15H27N3OS. The first-order valence-corrected chi connectivity index (χ1v) is 8.33. The Labute approximate surface area is 126 Å². The predicted octanol–water partition coefficient (Wildman–Crippen LogP) is 2.85. The number of ether oxygens (including phenoxy) is 1. The van der Waals surface area contributed by atoms with Crippen LogP contribution >= 0.6 is 11.3 Å². The third-order valence-electron chi connectivity index (χ3n) is 3.41. The molecular weight excluding hydrogens is 270 g/mol. The fourth-order valence-corrected chi connectivity index (χ4v) is 3.40. The second-order valence-electron chi connectivity index (χ2n) is 6.02. The summed E-state index contributed by atoms with van der Waals surface area (Å²) < 4.78 is 5.07. The van der Waals surface area contributed by atoms with Gasteiger partial charge in [0.15, 0.2) is 5.13 Å². The van der Waals surface area contributed by atoms with Gasteiger partial charge < -0.3 is 15.0 Å². The van der Waals surface area contributed by atoms with E-state index in [2.05, 4.69) is 31.1 Å². The van der Waals surface area contributed by atoms with E-state index in [-0.39, 0.29) is 0 Å². The first-order valence-electron chi connectivity index (χ1n) is 7.52. The van der Waals surface area contributed by atoms with Crippen molar-refractivity contribution in [3.05, 3.63) is 10.6 Å². The van der Waals surface area contributed by atoms with E-state index in [1.54, 1.807) is 7.11 Å². The summed E-state index contributed by atoms with van der Waals surface area (Å²) in [6.45, 7) is 8.14. The molecule has 1 aromatic rings. The van der Waals surface area contributed by atoms with Crippen molar-refractivity contribution < 1.29 is 4.74 Å². The van der Waals surface area contributed by atoms with E-state index >= 15 is 0 Å². The number of methoxy groups -OCH3 is 1. The van der Waals surface area contributed by atoms with Gasteiger partial charge in [-0.25, -0.2) is 4.98 Å². The smallest absolute Gasteiger partial charge is 0.185 e. The highest BCUT2D eigenvalue weighted by atomic mass is 32.1. The number of aromatic nitrogens is 1. The Hall–Kier alpha value is -0.650. The summed E-state index contributed by atoms with van der Waals surface area (Å²) in [5, 5.41) is 4.62. The molecule has 0 spiro atoms. The molecule has 0 atom stereocenters. The molecule has 0 bridgehead atoms. The van der Waals surface area contributed by atoms with E-state index < -0.39 is 0 Å². The number of thiazole rings is 1. The second kappa shape index (κ2) is 7.38. The highest BCUT2D eigenvalue weighted by molar-refractivity contribution is 7.15. The van der Waals surface area contributed by atoms with Gasteiger partial charge in [-0.1, -0.05) is 13.8 Å². The summed E-state index contributed by atoms with van der Waals surface area (Å²) in [6.07, 6.45) is 2.62. The maximum atomic E-state index is 5.07. The Morgan fingerprint density at radius 3 is 2.80 bits per heavy atom. The van der Waals surface area contributed by atoms with Crippen molar-refractivity contribution in [1.29, 1.82) is 0 Å². The van der Waals surface area contributed by atoms with Crippen molar-refractivity contribution in [2.45, 2.75) is 39.2 Å². The second-order valence-corrected chi connectivity index (χ2v) is 7.09. The van der Waals surface area contributed by atoms with E-state index in [1.165, 1.54) is 28.5 Å². The van der Waals surface area contributed by atoms with Crippen LogP contribution in [0.15, 0.2) is 0 Å². The zero-order valence-electron chi connectivity index (χ0n) is 13.1. The Morgan fingerprint density at radius 2 is 2.20 bits per heavy atom. The first kappa shape index (κ1) is 15.7. The van der Waals surface area contributed by atoms with Crippen molar-refractivity contribution in [2.75, 3.05) is 38.8 Å². The quantitative estimate of drug-likeness (QED) is 0.711. The van der Waals surface area contributed by atoms with E-state index in [1.807, 2.05) is 11.3 Å². The van der Waals surface area contributed by atoms with Gasteiger partial charge in [-0.3, -0.25) is 0 Å². The van der Waals surface area contributed by atoms with Gasteiger partial charge in [-0.15, -0.1) is 11.3 Å². The third kappa shape index (κ3) is 4.43. The summed E-state index contributed by atoms with van der Waals surface area (Å²) in [5.41, 5.74) is 1.34. The van der Waals surface area contributed by atoms with Crippen LogP contribution in [0.1, 0.15) is 43.2 Å². The van der Waals surface area contributed by atoms with Crippen LogP contribution < -0.4 is 10.2 Å². The fraction of sp³-hybridized carbons (Fsp3) is 0.800. The molecule has 0 amide bonds. The van der Waals surface area contributed by atoms with Gasteiger partial charge in [0.2, 0.25) is 0 Å². The lowest BCUT2D eigenvalue weighted by atomic mass is 10.2. The molecule has 1 fully saturated rings. The summed E-state index contributed by atoms with van der Waals surface area (Å²) in [5.74, 6) is 1.38. The van der Waals surface area contributed by atoms with Crippen LogP contribution in [0.2, 0.25) is 0 Å². The number of nitrogens with one attached hydrogen (secondary N) is 1. The Kier molecular flexibility index (Phi) is 5.81. The minimum absolute atomic E-state index is 0.663. The average molecular weight is 297 g/mol. The normalized spacial score (nSPS) is 15.1. The van der Waals surface area contributed by atoms with Gasteiger partial charge in [0.25, 0.3) is 0 Å². The monoisotopic (exact) mass is 297 g/mol. The minimum atomic E-state index is 0.663. The Morgan fingerprint density at radius 1 is 1.45 bits per heavy atom. The highest BCUT2D eigenvalue weighted by Crippen LogP contribution is 2.44. The molecule has 0 aliphatic heterocycles. The lowest BCUT2D eigenvalue weighted by Crippen LogP contribution is -2.22. The van der Waals surface area contributed by atoms with Gasteiger partial charge >= 0.3 is 0 Å². The molecule has 0 saturated heterocycles. The molecule has 1 aliphatic carbocycles. The van der Waals surface area contributed by atoms with E-state index in [0.717, 1.165) is 26.2 Å². The van der Waals surface area contributed by atoms with Gasteiger partial charge in [0.1, 0.15) is 0 Å². The van der Waals surface area contributed by atoms with E-state index in [9.17, 15) is 0 Å². The highest BCUT2D eigenvalue weighted by Gasteiger charge is 2.30. The van der Waals surface area contributed by atoms with Crippen molar-refractivity contribution >= 4 is 16.5 Å². The summed E-state index contributed by atoms with van der Waals surface area (Å²) in [6, 6.07) is 0. The molecule has 0 radical (unpaired) electrons. The lowest BCUT2D eigenvalue weighted by Gasteiger charge is -2.17. The zero-order valence-corrected chi connectivity index (χ0v) is 13.9. The number of hydrogen-bond donors (Lipinski definition) is 1. The molecule has 5 heteroatoms. The van der Waals surface area contributed by atoms with Crippen LogP contribution in [0, 0.1) is 5.92 Å². The van der Waals surface area contributed by atoms with Crippen molar-refractivity contribution in [3.63, 3.8) is 0 Å². The standard InChI is InChI=1S/C15H27N3OS/c1-11(2)10-18(3)15-17-14(12-5-6-12)13(20-15)9-16-7-8-19-4/h11-12,16H,5-10H2,1-4H3. The molecule has 1 N–H and O–H groups in total. The summed E-state index contributed by atoms with van der Waals surface area (Å²) in [7, 11) is 3.89. The predicted molar refractivity (Wildman–Crippen MR) is 85.8 cm³/mol. The van der Waals surface area contributed by atoms with Gasteiger partial charge in [0, 0.05) is 44.6 Å². The van der Waals surface area contributed by atoms with Crippen molar-refractivity contribution in [2.24, 2.45) is 5.92 Å². The largest absolute Gasteiger partial charge is 0.383 e. The van der Waals surface area contributed by atoms with Crippen LogP contribution in [0.5, 0.6) is 0 Å². The van der Waals surface area contributed by atoms with E-state index in [0.29, 0.717) is 11.8 Å². The molecule has 0 unspecified atom stereocenters. The molecule has 1 aliphatic rings. The van der Waals surface area contributed by atoms with Gasteiger partial charge in [0.05, 0.1) is 12.3 Å². The maximum absolute atomic E-state index is 5.07. The van der Waals surface area contributed by atoms with Gasteiger partial charge in [-0.05, 0) is 18.8 Å². The van der Waals surface area contributed by atoms with Crippen LogP contribution in [-0.4, -0.2) is 38.8 Å². The number of nitrogens with zero attached hydrogens (tertiary/aromatic N) is 2. The first-order chi connectivity index (χ1) is 9.61. The Balaban J connectivity index is 2.00.